The Balaban J connectivity index is 1.96. The monoisotopic (exact) mass is 442 g/mol. The van der Waals surface area contributed by atoms with Gasteiger partial charge in [0, 0.05) is 11.8 Å². The highest BCUT2D eigenvalue weighted by atomic mass is 32.2. The first-order chi connectivity index (χ1) is 14.8. The molecule has 4 rings (SSSR count). The number of rotatable bonds is 4. The number of hydrogen-bond donors (Lipinski definition) is 0. The maximum absolute atomic E-state index is 13.6. The summed E-state index contributed by atoms with van der Waals surface area (Å²) >= 11 is 0. The van der Waals surface area contributed by atoms with Crippen LogP contribution in [0.4, 0.5) is 10.1 Å². The smallest absolute Gasteiger partial charge is 0.308 e. The second kappa shape index (κ2) is 7.99. The van der Waals surface area contributed by atoms with Crippen molar-refractivity contribution in [3.05, 3.63) is 83.9 Å². The van der Waals surface area contributed by atoms with E-state index in [1.54, 1.807) is 31.2 Å². The zero-order valence-corrected chi connectivity index (χ0v) is 17.4. The van der Waals surface area contributed by atoms with Crippen molar-refractivity contribution < 1.29 is 27.1 Å². The molecule has 1 atom stereocenters. The van der Waals surface area contributed by atoms with Crippen molar-refractivity contribution in [1.82, 2.24) is 3.97 Å². The summed E-state index contributed by atoms with van der Waals surface area (Å²) in [5, 5.41) is 0. The van der Waals surface area contributed by atoms with Crippen LogP contribution >= 0.6 is 0 Å². The van der Waals surface area contributed by atoms with E-state index in [0.717, 1.165) is 16.1 Å². The molecule has 31 heavy (non-hydrogen) atoms. The molecule has 2 heterocycles. The summed E-state index contributed by atoms with van der Waals surface area (Å²) in [6.07, 6.45) is 1.13. The number of anilines is 1. The molecule has 160 valence electrons. The van der Waals surface area contributed by atoms with Crippen LogP contribution in [-0.4, -0.2) is 30.9 Å². The van der Waals surface area contributed by atoms with Crippen LogP contribution in [0.3, 0.4) is 0 Å². The topological polar surface area (TPSA) is 85.7 Å². The lowest BCUT2D eigenvalue weighted by molar-refractivity contribution is -0.143. The molecule has 1 amide bonds. The molecule has 0 spiro atoms. The Morgan fingerprint density at radius 1 is 1.03 bits per heavy atom. The van der Waals surface area contributed by atoms with Gasteiger partial charge in [0.2, 0.25) is 0 Å². The first kappa shape index (κ1) is 20.8. The van der Waals surface area contributed by atoms with Gasteiger partial charge in [-0.15, -0.1) is 0 Å². The van der Waals surface area contributed by atoms with E-state index in [9.17, 15) is 22.4 Å². The Hall–Kier alpha value is -3.46. The Morgan fingerprint density at radius 3 is 2.45 bits per heavy atom. The van der Waals surface area contributed by atoms with Crippen LogP contribution in [0.5, 0.6) is 0 Å². The quantitative estimate of drug-likeness (QED) is 0.577. The number of ether oxygens (including phenoxy) is 1. The van der Waals surface area contributed by atoms with Crippen LogP contribution in [0.2, 0.25) is 0 Å². The zero-order valence-electron chi connectivity index (χ0n) is 16.6. The van der Waals surface area contributed by atoms with E-state index in [1.165, 1.54) is 35.4 Å². The lowest BCUT2D eigenvalue weighted by Gasteiger charge is -2.30. The number of amides is 1. The molecular formula is C22H19FN2O5S. The highest BCUT2D eigenvalue weighted by Gasteiger charge is 2.40. The summed E-state index contributed by atoms with van der Waals surface area (Å²) < 4.78 is 46.3. The second-order valence-electron chi connectivity index (χ2n) is 6.91. The molecule has 0 saturated heterocycles. The lowest BCUT2D eigenvalue weighted by Crippen LogP contribution is -2.36. The first-order valence-electron chi connectivity index (χ1n) is 9.61. The molecule has 0 radical (unpaired) electrons. The van der Waals surface area contributed by atoms with Crippen LogP contribution < -0.4 is 4.90 Å². The summed E-state index contributed by atoms with van der Waals surface area (Å²) in [6.45, 7) is 1.81. The molecule has 1 aromatic heterocycles. The number of benzene rings is 2. The van der Waals surface area contributed by atoms with Crippen LogP contribution in [0, 0.1) is 5.82 Å². The van der Waals surface area contributed by atoms with E-state index < -0.39 is 33.8 Å². The molecular weight excluding hydrogens is 423 g/mol. The molecule has 0 bridgehead atoms. The number of esters is 1. The van der Waals surface area contributed by atoms with E-state index in [1.807, 2.05) is 0 Å². The SMILES string of the molecule is CCOC(=O)CC1c2cccn2S(=O)(=O)c2ccccc2N1C(=O)c1ccc(F)cc1. The predicted molar refractivity (Wildman–Crippen MR) is 111 cm³/mol. The molecule has 0 fully saturated rings. The van der Waals surface area contributed by atoms with E-state index >= 15 is 0 Å². The molecule has 9 heteroatoms. The average Bonchev–Trinajstić information content (AvgIpc) is 3.22. The largest absolute Gasteiger partial charge is 0.466 e. The van der Waals surface area contributed by atoms with E-state index in [2.05, 4.69) is 0 Å². The van der Waals surface area contributed by atoms with Gasteiger partial charge in [-0.1, -0.05) is 12.1 Å². The number of fused-ring (bicyclic) bond motifs is 2. The summed E-state index contributed by atoms with van der Waals surface area (Å²) in [7, 11) is -4.02. The Bertz CT molecular complexity index is 1250. The molecule has 0 N–H and O–H groups in total. The van der Waals surface area contributed by atoms with Gasteiger partial charge in [-0.2, -0.15) is 0 Å². The maximum Gasteiger partial charge on any atom is 0.308 e. The van der Waals surface area contributed by atoms with Gasteiger partial charge in [-0.25, -0.2) is 16.8 Å². The number of aromatic nitrogens is 1. The summed E-state index contributed by atoms with van der Waals surface area (Å²) in [5.41, 5.74) is 0.539. The molecule has 7 nitrogen and oxygen atoms in total. The fraction of sp³-hybridized carbons (Fsp3) is 0.182. The summed E-state index contributed by atoms with van der Waals surface area (Å²) in [6, 6.07) is 13.2. The summed E-state index contributed by atoms with van der Waals surface area (Å²) in [5.74, 6) is -1.65. The van der Waals surface area contributed by atoms with Crippen molar-refractivity contribution >= 4 is 27.6 Å². The highest BCUT2D eigenvalue weighted by Crippen LogP contribution is 2.40. The van der Waals surface area contributed by atoms with E-state index in [4.69, 9.17) is 4.74 Å². The zero-order chi connectivity index (χ0) is 22.2. The third-order valence-corrected chi connectivity index (χ3v) is 6.78. The molecule has 1 aliphatic rings. The minimum Gasteiger partial charge on any atom is -0.466 e. The Labute approximate surface area is 178 Å². The third-order valence-electron chi connectivity index (χ3n) is 5.03. The third kappa shape index (κ3) is 3.61. The first-order valence-corrected chi connectivity index (χ1v) is 11.0. The van der Waals surface area contributed by atoms with Crippen molar-refractivity contribution in [2.24, 2.45) is 0 Å². The van der Waals surface area contributed by atoms with Crippen LogP contribution in [0.25, 0.3) is 0 Å². The highest BCUT2D eigenvalue weighted by molar-refractivity contribution is 7.90. The van der Waals surface area contributed by atoms with Crippen molar-refractivity contribution in [1.29, 1.82) is 0 Å². The standard InChI is InChI=1S/C22H19FN2O5S/c1-2-30-21(26)14-19-17-7-5-13-24(17)31(28,29)20-8-4-3-6-18(20)25(19)22(27)15-9-11-16(23)12-10-15/h3-13,19H,2,14H2,1H3. The van der Waals surface area contributed by atoms with Gasteiger partial charge in [-0.05, 0) is 55.5 Å². The molecule has 1 unspecified atom stereocenters. The number of halogens is 1. The summed E-state index contributed by atoms with van der Waals surface area (Å²) in [4.78, 5) is 27.2. The minimum atomic E-state index is -4.02. The normalized spacial score (nSPS) is 16.7. The molecule has 0 aliphatic carbocycles. The van der Waals surface area contributed by atoms with Gasteiger partial charge in [0.15, 0.2) is 0 Å². The van der Waals surface area contributed by atoms with E-state index in [0.29, 0.717) is 0 Å². The van der Waals surface area contributed by atoms with Crippen molar-refractivity contribution in [3.63, 3.8) is 0 Å². The maximum atomic E-state index is 13.6. The van der Waals surface area contributed by atoms with Crippen molar-refractivity contribution in [3.8, 4) is 0 Å². The average molecular weight is 442 g/mol. The lowest BCUT2D eigenvalue weighted by atomic mass is 10.0. The van der Waals surface area contributed by atoms with Crippen molar-refractivity contribution in [2.75, 3.05) is 11.5 Å². The van der Waals surface area contributed by atoms with Gasteiger partial charge in [0.05, 0.1) is 30.5 Å². The Morgan fingerprint density at radius 2 is 1.74 bits per heavy atom. The van der Waals surface area contributed by atoms with Gasteiger partial charge >= 0.3 is 5.97 Å². The van der Waals surface area contributed by atoms with Crippen LogP contribution in [0.15, 0.2) is 71.8 Å². The fourth-order valence-electron chi connectivity index (χ4n) is 3.69. The number of hydrogen-bond acceptors (Lipinski definition) is 5. The van der Waals surface area contributed by atoms with Crippen LogP contribution in [-0.2, 0) is 19.6 Å². The molecule has 1 aliphatic heterocycles. The van der Waals surface area contributed by atoms with E-state index in [-0.39, 0.29) is 34.9 Å². The van der Waals surface area contributed by atoms with Gasteiger partial charge < -0.3 is 4.74 Å². The fourth-order valence-corrected chi connectivity index (χ4v) is 5.28. The number of carbonyl (C=O) groups excluding carboxylic acids is 2. The molecule has 2 aromatic carbocycles. The molecule has 3 aromatic rings. The van der Waals surface area contributed by atoms with Gasteiger partial charge in [0.1, 0.15) is 10.7 Å². The number of carbonyl (C=O) groups is 2. The van der Waals surface area contributed by atoms with Gasteiger partial charge in [0.25, 0.3) is 15.9 Å². The predicted octanol–water partition coefficient (Wildman–Crippen LogP) is 3.52. The molecule has 0 saturated carbocycles. The van der Waals surface area contributed by atoms with Crippen molar-refractivity contribution in [2.45, 2.75) is 24.3 Å². The van der Waals surface area contributed by atoms with Gasteiger partial charge in [-0.3, -0.25) is 14.5 Å². The Kier molecular flexibility index (Phi) is 5.36. The second-order valence-corrected chi connectivity index (χ2v) is 8.69. The number of nitrogens with zero attached hydrogens (tertiary/aromatic N) is 2. The number of para-hydroxylation sites is 1. The van der Waals surface area contributed by atoms with Crippen LogP contribution in [0.1, 0.15) is 35.4 Å². The minimum absolute atomic E-state index is 0.0747.